The van der Waals surface area contributed by atoms with E-state index in [1.807, 2.05) is 0 Å². The van der Waals surface area contributed by atoms with Crippen LogP contribution in [0.25, 0.3) is 0 Å². The minimum atomic E-state index is 1.12. The van der Waals surface area contributed by atoms with Crippen molar-refractivity contribution < 1.29 is 0 Å². The third kappa shape index (κ3) is 2.52. The molecule has 15 heavy (non-hydrogen) atoms. The summed E-state index contributed by atoms with van der Waals surface area (Å²) in [5.74, 6) is 0. The summed E-state index contributed by atoms with van der Waals surface area (Å²) in [7, 11) is 0. The van der Waals surface area contributed by atoms with Crippen LogP contribution >= 0.6 is 0 Å². The van der Waals surface area contributed by atoms with E-state index in [4.69, 9.17) is 0 Å². The second-order valence-electron chi connectivity index (χ2n) is 3.95. The molecule has 1 saturated heterocycles. The summed E-state index contributed by atoms with van der Waals surface area (Å²) < 4.78 is 0. The summed E-state index contributed by atoms with van der Waals surface area (Å²) in [5.41, 5.74) is 2.44. The fourth-order valence-electron chi connectivity index (χ4n) is 2.06. The molecule has 0 saturated carbocycles. The van der Waals surface area contributed by atoms with Gasteiger partial charge in [0.2, 0.25) is 0 Å². The van der Waals surface area contributed by atoms with Crippen molar-refractivity contribution in [1.82, 2.24) is 0 Å². The zero-order chi connectivity index (χ0) is 10.5. The number of hydrogen-bond acceptors (Lipinski definition) is 2. The Morgan fingerprint density at radius 1 is 1.20 bits per heavy atom. The Morgan fingerprint density at radius 2 is 2.00 bits per heavy atom. The van der Waals surface area contributed by atoms with Gasteiger partial charge in [-0.25, -0.2) is 0 Å². The van der Waals surface area contributed by atoms with Gasteiger partial charge in [0.1, 0.15) is 0 Å². The largest absolute Gasteiger partial charge is 0.371 e. The molecule has 0 bridgehead atoms. The molecular formula is C13H18N2. The molecule has 0 radical (unpaired) electrons. The van der Waals surface area contributed by atoms with E-state index in [0.29, 0.717) is 0 Å². The highest BCUT2D eigenvalue weighted by atomic mass is 15.1. The lowest BCUT2D eigenvalue weighted by molar-refractivity contribution is 0.578. The second-order valence-corrected chi connectivity index (χ2v) is 3.95. The fourth-order valence-corrected chi connectivity index (χ4v) is 2.06. The molecule has 2 rings (SSSR count). The van der Waals surface area contributed by atoms with Crippen molar-refractivity contribution in [3.05, 3.63) is 37.0 Å². The number of nitrogens with one attached hydrogen (secondary N) is 1. The maximum atomic E-state index is 3.67. The second kappa shape index (κ2) is 4.87. The van der Waals surface area contributed by atoms with Crippen LogP contribution in [0.5, 0.6) is 0 Å². The van der Waals surface area contributed by atoms with E-state index in [9.17, 15) is 0 Å². The number of rotatable bonds is 3. The molecule has 0 amide bonds. The monoisotopic (exact) mass is 202 g/mol. The van der Waals surface area contributed by atoms with E-state index in [1.54, 1.807) is 6.20 Å². The lowest BCUT2D eigenvalue weighted by Gasteiger charge is -2.29. The molecule has 1 aromatic rings. The summed E-state index contributed by atoms with van der Waals surface area (Å²) >= 11 is 0. The average molecular weight is 202 g/mol. The Morgan fingerprint density at radius 3 is 2.73 bits per heavy atom. The van der Waals surface area contributed by atoms with Crippen molar-refractivity contribution in [2.75, 3.05) is 23.3 Å². The molecule has 0 atom stereocenters. The first-order chi connectivity index (χ1) is 7.40. The summed E-state index contributed by atoms with van der Waals surface area (Å²) in [6, 6.07) is 8.53. The van der Waals surface area contributed by atoms with Crippen molar-refractivity contribution in [1.29, 1.82) is 0 Å². The number of benzene rings is 1. The van der Waals surface area contributed by atoms with Gasteiger partial charge in [-0.05, 0) is 43.7 Å². The molecule has 0 unspecified atom stereocenters. The van der Waals surface area contributed by atoms with Gasteiger partial charge in [0, 0.05) is 24.5 Å². The van der Waals surface area contributed by atoms with E-state index < -0.39 is 0 Å². The molecular weight excluding hydrogens is 184 g/mol. The third-order valence-corrected chi connectivity index (χ3v) is 2.84. The van der Waals surface area contributed by atoms with Crippen LogP contribution in [-0.2, 0) is 0 Å². The molecule has 1 aliphatic heterocycles. The maximum absolute atomic E-state index is 3.67. The van der Waals surface area contributed by atoms with Crippen molar-refractivity contribution in [2.45, 2.75) is 19.3 Å². The summed E-state index contributed by atoms with van der Waals surface area (Å²) in [6.45, 7) is 6.06. The third-order valence-electron chi connectivity index (χ3n) is 2.84. The summed E-state index contributed by atoms with van der Waals surface area (Å²) in [6.07, 6.45) is 5.73. The quantitative estimate of drug-likeness (QED) is 0.809. The highest BCUT2D eigenvalue weighted by molar-refractivity contribution is 5.59. The molecule has 1 heterocycles. The van der Waals surface area contributed by atoms with Crippen LogP contribution in [0.4, 0.5) is 11.4 Å². The topological polar surface area (TPSA) is 15.3 Å². The fraction of sp³-hybridized carbons (Fsp3) is 0.385. The molecule has 1 aromatic carbocycles. The van der Waals surface area contributed by atoms with Crippen LogP contribution in [0.1, 0.15) is 19.3 Å². The average Bonchev–Trinajstić information content (AvgIpc) is 2.31. The Hall–Kier alpha value is -1.44. The Balaban J connectivity index is 2.12. The number of piperidine rings is 1. The number of nitrogens with zero attached hydrogens (tertiary/aromatic N) is 1. The number of anilines is 2. The van der Waals surface area contributed by atoms with Gasteiger partial charge < -0.3 is 10.2 Å². The van der Waals surface area contributed by atoms with Crippen LogP contribution in [-0.4, -0.2) is 13.1 Å². The van der Waals surface area contributed by atoms with E-state index >= 15 is 0 Å². The predicted molar refractivity (Wildman–Crippen MR) is 66.3 cm³/mol. The summed E-state index contributed by atoms with van der Waals surface area (Å²) in [4.78, 5) is 2.46. The van der Waals surface area contributed by atoms with Gasteiger partial charge in [0.05, 0.1) is 0 Å². The van der Waals surface area contributed by atoms with Gasteiger partial charge in [-0.2, -0.15) is 0 Å². The molecule has 0 aliphatic carbocycles. The van der Waals surface area contributed by atoms with Crippen LogP contribution < -0.4 is 10.2 Å². The summed E-state index contributed by atoms with van der Waals surface area (Å²) in [5, 5.41) is 3.12. The first kappa shape index (κ1) is 10.1. The lowest BCUT2D eigenvalue weighted by atomic mass is 10.1. The van der Waals surface area contributed by atoms with E-state index in [2.05, 4.69) is 41.1 Å². The normalized spacial score (nSPS) is 16.1. The molecule has 80 valence electrons. The molecule has 2 heteroatoms. The van der Waals surface area contributed by atoms with Crippen LogP contribution in [0.3, 0.4) is 0 Å². The Kier molecular flexibility index (Phi) is 3.28. The standard InChI is InChI=1S/C13H18N2/c1-2-14-12-7-6-8-13(11-12)15-9-4-3-5-10-15/h2,6-8,11,14H,1,3-5,9-10H2. The van der Waals surface area contributed by atoms with Gasteiger partial charge in [-0.1, -0.05) is 12.6 Å². The van der Waals surface area contributed by atoms with Gasteiger partial charge in [-0.15, -0.1) is 0 Å². The maximum Gasteiger partial charge on any atom is 0.0400 e. The molecule has 1 N–H and O–H groups in total. The van der Waals surface area contributed by atoms with Crippen molar-refractivity contribution in [3.8, 4) is 0 Å². The van der Waals surface area contributed by atoms with Crippen LogP contribution in [0.2, 0.25) is 0 Å². The van der Waals surface area contributed by atoms with E-state index in [-0.39, 0.29) is 0 Å². The first-order valence-corrected chi connectivity index (χ1v) is 5.62. The Labute approximate surface area is 91.6 Å². The Bertz CT molecular complexity index is 327. The molecule has 0 spiro atoms. The molecule has 1 fully saturated rings. The zero-order valence-corrected chi connectivity index (χ0v) is 9.08. The van der Waals surface area contributed by atoms with Gasteiger partial charge >= 0.3 is 0 Å². The predicted octanol–water partition coefficient (Wildman–Crippen LogP) is 3.23. The molecule has 2 nitrogen and oxygen atoms in total. The van der Waals surface area contributed by atoms with E-state index in [1.165, 1.54) is 38.0 Å². The van der Waals surface area contributed by atoms with Crippen LogP contribution in [0, 0.1) is 0 Å². The molecule has 1 aliphatic rings. The minimum absolute atomic E-state index is 1.12. The van der Waals surface area contributed by atoms with Gasteiger partial charge in [-0.3, -0.25) is 0 Å². The smallest absolute Gasteiger partial charge is 0.0400 e. The zero-order valence-electron chi connectivity index (χ0n) is 9.08. The van der Waals surface area contributed by atoms with E-state index in [0.717, 1.165) is 5.69 Å². The van der Waals surface area contributed by atoms with Gasteiger partial charge in [0.25, 0.3) is 0 Å². The highest BCUT2D eigenvalue weighted by Gasteiger charge is 2.10. The lowest BCUT2D eigenvalue weighted by Crippen LogP contribution is -2.29. The molecule has 0 aromatic heterocycles. The van der Waals surface area contributed by atoms with Crippen LogP contribution in [0.15, 0.2) is 37.0 Å². The van der Waals surface area contributed by atoms with Gasteiger partial charge in [0.15, 0.2) is 0 Å². The highest BCUT2D eigenvalue weighted by Crippen LogP contribution is 2.22. The SMILES string of the molecule is C=CNc1cccc(N2CCCCC2)c1. The first-order valence-electron chi connectivity index (χ1n) is 5.62. The van der Waals surface area contributed by atoms with Crippen molar-refractivity contribution >= 4 is 11.4 Å². The number of hydrogen-bond donors (Lipinski definition) is 1. The van der Waals surface area contributed by atoms with Crippen molar-refractivity contribution in [3.63, 3.8) is 0 Å². The minimum Gasteiger partial charge on any atom is -0.371 e. The van der Waals surface area contributed by atoms with Crippen molar-refractivity contribution in [2.24, 2.45) is 0 Å².